The highest BCUT2D eigenvalue weighted by Crippen LogP contribution is 2.43. The van der Waals surface area contributed by atoms with E-state index in [9.17, 15) is 0 Å². The first-order valence-electron chi connectivity index (χ1n) is 7.15. The fraction of sp³-hybridized carbons (Fsp3) is 1.00. The Morgan fingerprint density at radius 1 is 1.18 bits per heavy atom. The molecular formula is C14H25NO2. The van der Waals surface area contributed by atoms with Gasteiger partial charge in [0.15, 0.2) is 0 Å². The lowest BCUT2D eigenvalue weighted by molar-refractivity contribution is -0.0834. The SMILES string of the molecule is COC1CCCC2C1NC(C)C1CC(C)OC12. The van der Waals surface area contributed by atoms with Gasteiger partial charge in [0.2, 0.25) is 0 Å². The molecule has 7 unspecified atom stereocenters. The van der Waals surface area contributed by atoms with Crippen LogP contribution < -0.4 is 5.32 Å². The predicted molar refractivity (Wildman–Crippen MR) is 67.0 cm³/mol. The van der Waals surface area contributed by atoms with E-state index in [4.69, 9.17) is 9.47 Å². The first kappa shape index (κ1) is 11.9. The molecule has 2 saturated heterocycles. The third kappa shape index (κ3) is 1.92. The zero-order valence-corrected chi connectivity index (χ0v) is 11.2. The lowest BCUT2D eigenvalue weighted by Gasteiger charge is -2.48. The van der Waals surface area contributed by atoms with Gasteiger partial charge in [-0.3, -0.25) is 0 Å². The molecule has 3 nitrogen and oxygen atoms in total. The van der Waals surface area contributed by atoms with Crippen LogP contribution in [0.15, 0.2) is 0 Å². The molecule has 0 spiro atoms. The molecular weight excluding hydrogens is 214 g/mol. The van der Waals surface area contributed by atoms with Gasteiger partial charge in [-0.05, 0) is 33.1 Å². The summed E-state index contributed by atoms with van der Waals surface area (Å²) in [6.07, 6.45) is 6.32. The Labute approximate surface area is 104 Å². The Morgan fingerprint density at radius 2 is 2.00 bits per heavy atom. The Balaban J connectivity index is 1.81. The Kier molecular flexibility index (Phi) is 3.18. The van der Waals surface area contributed by atoms with E-state index >= 15 is 0 Å². The number of nitrogens with one attached hydrogen (secondary N) is 1. The number of methoxy groups -OCH3 is 1. The molecule has 3 rings (SSSR count). The number of rotatable bonds is 1. The third-order valence-corrected chi connectivity index (χ3v) is 5.13. The van der Waals surface area contributed by atoms with Gasteiger partial charge in [-0.2, -0.15) is 0 Å². The van der Waals surface area contributed by atoms with E-state index in [-0.39, 0.29) is 0 Å². The van der Waals surface area contributed by atoms with Gasteiger partial charge in [-0.15, -0.1) is 0 Å². The van der Waals surface area contributed by atoms with Crippen LogP contribution in [0.5, 0.6) is 0 Å². The molecule has 0 radical (unpaired) electrons. The van der Waals surface area contributed by atoms with E-state index in [1.165, 1.54) is 25.7 Å². The quantitative estimate of drug-likeness (QED) is 0.759. The van der Waals surface area contributed by atoms with E-state index < -0.39 is 0 Å². The van der Waals surface area contributed by atoms with Crippen LogP contribution in [0.4, 0.5) is 0 Å². The summed E-state index contributed by atoms with van der Waals surface area (Å²) in [6, 6.07) is 1.08. The fourth-order valence-corrected chi connectivity index (χ4v) is 4.33. The maximum atomic E-state index is 6.20. The van der Waals surface area contributed by atoms with Crippen molar-refractivity contribution in [3.05, 3.63) is 0 Å². The molecule has 2 heterocycles. The monoisotopic (exact) mass is 239 g/mol. The molecule has 3 heteroatoms. The zero-order chi connectivity index (χ0) is 12.0. The second-order valence-electron chi connectivity index (χ2n) is 6.16. The van der Waals surface area contributed by atoms with E-state index in [2.05, 4.69) is 19.2 Å². The smallest absolute Gasteiger partial charge is 0.0728 e. The van der Waals surface area contributed by atoms with Crippen molar-refractivity contribution >= 4 is 0 Å². The molecule has 17 heavy (non-hydrogen) atoms. The fourth-order valence-electron chi connectivity index (χ4n) is 4.33. The molecule has 3 fully saturated rings. The highest BCUT2D eigenvalue weighted by molar-refractivity contribution is 5.04. The van der Waals surface area contributed by atoms with Gasteiger partial charge in [0.1, 0.15) is 0 Å². The lowest BCUT2D eigenvalue weighted by Crippen LogP contribution is -2.62. The number of piperidine rings is 1. The minimum absolute atomic E-state index is 0.386. The molecule has 0 aromatic heterocycles. The molecule has 98 valence electrons. The van der Waals surface area contributed by atoms with Crippen molar-refractivity contribution in [2.24, 2.45) is 11.8 Å². The number of ether oxygens (including phenoxy) is 2. The van der Waals surface area contributed by atoms with Crippen LogP contribution in [0.2, 0.25) is 0 Å². The minimum atomic E-state index is 0.386. The second-order valence-corrected chi connectivity index (χ2v) is 6.16. The summed E-state index contributed by atoms with van der Waals surface area (Å²) < 4.78 is 11.9. The van der Waals surface area contributed by atoms with Crippen LogP contribution in [0.25, 0.3) is 0 Å². The van der Waals surface area contributed by atoms with Gasteiger partial charge in [-0.1, -0.05) is 6.42 Å². The summed E-state index contributed by atoms with van der Waals surface area (Å²) in [4.78, 5) is 0. The molecule has 3 aliphatic rings. The largest absolute Gasteiger partial charge is 0.380 e. The van der Waals surface area contributed by atoms with Gasteiger partial charge >= 0.3 is 0 Å². The van der Waals surface area contributed by atoms with Crippen molar-refractivity contribution in [2.45, 2.75) is 69.9 Å². The van der Waals surface area contributed by atoms with Crippen LogP contribution in [-0.2, 0) is 9.47 Å². The first-order chi connectivity index (χ1) is 8.20. The zero-order valence-electron chi connectivity index (χ0n) is 11.2. The molecule has 0 aromatic rings. The van der Waals surface area contributed by atoms with Crippen molar-refractivity contribution in [1.82, 2.24) is 5.32 Å². The Hall–Kier alpha value is -0.120. The minimum Gasteiger partial charge on any atom is -0.380 e. The van der Waals surface area contributed by atoms with Crippen molar-refractivity contribution in [3.63, 3.8) is 0 Å². The lowest BCUT2D eigenvalue weighted by atomic mass is 9.70. The predicted octanol–water partition coefficient (Wildman–Crippen LogP) is 1.96. The highest BCUT2D eigenvalue weighted by atomic mass is 16.5. The Bertz CT molecular complexity index is 281. The van der Waals surface area contributed by atoms with Gasteiger partial charge in [0.25, 0.3) is 0 Å². The van der Waals surface area contributed by atoms with Crippen molar-refractivity contribution < 1.29 is 9.47 Å². The molecule has 0 bridgehead atoms. The van der Waals surface area contributed by atoms with E-state index in [0.29, 0.717) is 42.2 Å². The van der Waals surface area contributed by atoms with Crippen molar-refractivity contribution in [3.8, 4) is 0 Å². The van der Waals surface area contributed by atoms with Crippen LogP contribution in [0.1, 0.15) is 39.5 Å². The van der Waals surface area contributed by atoms with Gasteiger partial charge in [0, 0.05) is 31.0 Å². The molecule has 0 aromatic carbocycles. The average molecular weight is 239 g/mol. The highest BCUT2D eigenvalue weighted by Gasteiger charge is 2.51. The van der Waals surface area contributed by atoms with E-state index in [1.807, 2.05) is 7.11 Å². The van der Waals surface area contributed by atoms with Crippen molar-refractivity contribution in [2.75, 3.05) is 7.11 Å². The van der Waals surface area contributed by atoms with Gasteiger partial charge < -0.3 is 14.8 Å². The van der Waals surface area contributed by atoms with Crippen LogP contribution in [0, 0.1) is 11.8 Å². The van der Waals surface area contributed by atoms with Crippen molar-refractivity contribution in [1.29, 1.82) is 0 Å². The standard InChI is InChI=1S/C14H25NO2/c1-8-7-11-9(2)15-13-10(14(11)17-8)5-4-6-12(13)16-3/h8-15H,4-7H2,1-3H3. The molecule has 1 aliphatic carbocycles. The maximum Gasteiger partial charge on any atom is 0.0728 e. The first-order valence-corrected chi connectivity index (χ1v) is 7.15. The molecule has 1 N–H and O–H groups in total. The number of hydrogen-bond donors (Lipinski definition) is 1. The van der Waals surface area contributed by atoms with Crippen LogP contribution in [-0.4, -0.2) is 37.5 Å². The topological polar surface area (TPSA) is 30.5 Å². The third-order valence-electron chi connectivity index (χ3n) is 5.13. The Morgan fingerprint density at radius 3 is 2.76 bits per heavy atom. The molecule has 1 saturated carbocycles. The van der Waals surface area contributed by atoms with E-state index in [1.54, 1.807) is 0 Å². The molecule has 7 atom stereocenters. The summed E-state index contributed by atoms with van der Waals surface area (Å²) in [5, 5.41) is 3.81. The average Bonchev–Trinajstić information content (AvgIpc) is 2.71. The van der Waals surface area contributed by atoms with E-state index in [0.717, 1.165) is 0 Å². The maximum absolute atomic E-state index is 6.20. The summed E-state index contributed by atoms with van der Waals surface area (Å²) in [7, 11) is 1.85. The summed E-state index contributed by atoms with van der Waals surface area (Å²) in [5.74, 6) is 1.38. The normalized spacial score (nSPS) is 54.2. The summed E-state index contributed by atoms with van der Waals surface area (Å²) in [5.41, 5.74) is 0. The molecule has 2 aliphatic heterocycles. The van der Waals surface area contributed by atoms with Crippen LogP contribution in [0.3, 0.4) is 0 Å². The van der Waals surface area contributed by atoms with Gasteiger partial charge in [0.05, 0.1) is 18.3 Å². The molecule has 0 amide bonds. The summed E-state index contributed by atoms with van der Waals surface area (Å²) >= 11 is 0. The number of hydrogen-bond acceptors (Lipinski definition) is 3. The number of fused-ring (bicyclic) bond motifs is 3. The second kappa shape index (κ2) is 4.52. The van der Waals surface area contributed by atoms with Crippen LogP contribution >= 0.6 is 0 Å². The van der Waals surface area contributed by atoms with Gasteiger partial charge in [-0.25, -0.2) is 0 Å². The summed E-state index contributed by atoms with van der Waals surface area (Å²) in [6.45, 7) is 4.54.